The molecule has 4 aromatic rings. The predicted octanol–water partition coefficient (Wildman–Crippen LogP) is 8.06. The normalized spacial score (nSPS) is 13.9. The van der Waals surface area contributed by atoms with Crippen molar-refractivity contribution in [3.05, 3.63) is 111 Å². The predicted molar refractivity (Wildman–Crippen MR) is 178 cm³/mol. The number of rotatable bonds is 7. The van der Waals surface area contributed by atoms with Crippen molar-refractivity contribution in [1.82, 2.24) is 10.2 Å². The van der Waals surface area contributed by atoms with Gasteiger partial charge in [-0.25, -0.2) is 0 Å². The maximum atomic E-state index is 12.4. The molecule has 0 spiro atoms. The van der Waals surface area contributed by atoms with E-state index in [0.29, 0.717) is 27.3 Å². The Morgan fingerprint density at radius 3 is 2.45 bits per heavy atom. The van der Waals surface area contributed by atoms with Crippen LogP contribution in [0.5, 0.6) is 0 Å². The highest BCUT2D eigenvalue weighted by Crippen LogP contribution is 2.30. The Kier molecular flexibility index (Phi) is 9.88. The number of benzene rings is 3. The number of hydrogen-bond acceptors (Lipinski definition) is 5. The molecule has 5 rings (SSSR count). The number of piperazine rings is 1. The van der Waals surface area contributed by atoms with E-state index < -0.39 is 0 Å². The van der Waals surface area contributed by atoms with Gasteiger partial charge in [0.1, 0.15) is 11.5 Å². The zero-order valence-electron chi connectivity index (χ0n) is 22.9. The van der Waals surface area contributed by atoms with Gasteiger partial charge in [-0.3, -0.25) is 15.0 Å². The second-order valence-electron chi connectivity index (χ2n) is 9.96. The highest BCUT2D eigenvalue weighted by atomic mass is 35.5. The van der Waals surface area contributed by atoms with Crippen LogP contribution in [0.4, 0.5) is 11.4 Å². The number of furan rings is 1. The molecular formula is C32H29Cl3N4O2S. The molecule has 6 nitrogen and oxygen atoms in total. The Morgan fingerprint density at radius 2 is 1.71 bits per heavy atom. The number of nitrogens with zero attached hydrogens (tertiary/aromatic N) is 2. The van der Waals surface area contributed by atoms with Crippen LogP contribution in [0.15, 0.2) is 83.3 Å². The lowest BCUT2D eigenvalue weighted by atomic mass is 10.1. The zero-order chi connectivity index (χ0) is 29.6. The van der Waals surface area contributed by atoms with Crippen molar-refractivity contribution in [1.29, 1.82) is 0 Å². The van der Waals surface area contributed by atoms with Gasteiger partial charge in [-0.2, -0.15) is 0 Å². The molecule has 1 aromatic heterocycles. The minimum atomic E-state index is -0.388. The summed E-state index contributed by atoms with van der Waals surface area (Å²) in [5, 5.41) is 7.90. The van der Waals surface area contributed by atoms with E-state index in [-0.39, 0.29) is 11.0 Å². The standard InChI is InChI=1S/C32H29Cl3N4O2S/c1-21-6-7-22(18-27(21)34)30-12-9-25(41-30)10-13-31(40)37-32(42)36-24-8-11-29(28(35)19-24)39-16-14-38(15-17-39)20-23-4-2-3-5-26(23)33/h2-13,18-19H,14-17,20H2,1H3,(H2,36,37,40,42)/b13-10+. The lowest BCUT2D eigenvalue weighted by molar-refractivity contribution is -0.115. The summed E-state index contributed by atoms with van der Waals surface area (Å²) in [5.41, 5.74) is 4.64. The van der Waals surface area contributed by atoms with Crippen LogP contribution in [0.3, 0.4) is 0 Å². The summed E-state index contributed by atoms with van der Waals surface area (Å²) in [5.74, 6) is 0.803. The second kappa shape index (κ2) is 13.8. The van der Waals surface area contributed by atoms with Crippen LogP contribution in [0, 0.1) is 6.92 Å². The van der Waals surface area contributed by atoms with Gasteiger partial charge in [0.25, 0.3) is 0 Å². The fraction of sp³-hybridized carbons (Fsp3) is 0.188. The Bertz CT molecular complexity index is 1630. The molecule has 1 aliphatic rings. The molecular weight excluding hydrogens is 611 g/mol. The molecule has 0 bridgehead atoms. The van der Waals surface area contributed by atoms with Crippen LogP contribution in [0.1, 0.15) is 16.9 Å². The number of nitrogens with one attached hydrogen (secondary N) is 2. The molecule has 216 valence electrons. The summed E-state index contributed by atoms with van der Waals surface area (Å²) in [6, 6.07) is 23.0. The van der Waals surface area contributed by atoms with Crippen molar-refractivity contribution < 1.29 is 9.21 Å². The number of anilines is 2. The Labute approximate surface area is 265 Å². The van der Waals surface area contributed by atoms with E-state index in [1.165, 1.54) is 6.08 Å². The average molecular weight is 640 g/mol. The summed E-state index contributed by atoms with van der Waals surface area (Å²) in [7, 11) is 0. The Morgan fingerprint density at radius 1 is 0.929 bits per heavy atom. The number of carbonyl (C=O) groups is 1. The molecule has 0 atom stereocenters. The van der Waals surface area contributed by atoms with Gasteiger partial charge in [0.05, 0.1) is 10.7 Å². The Hall–Kier alpha value is -3.33. The van der Waals surface area contributed by atoms with Gasteiger partial charge in [0.2, 0.25) is 5.91 Å². The largest absolute Gasteiger partial charge is 0.457 e. The molecule has 2 heterocycles. The van der Waals surface area contributed by atoms with Gasteiger partial charge < -0.3 is 14.6 Å². The van der Waals surface area contributed by atoms with Crippen molar-refractivity contribution in [2.24, 2.45) is 0 Å². The lowest BCUT2D eigenvalue weighted by Crippen LogP contribution is -2.46. The van der Waals surface area contributed by atoms with Crippen LogP contribution in [0.25, 0.3) is 17.4 Å². The molecule has 42 heavy (non-hydrogen) atoms. The summed E-state index contributed by atoms with van der Waals surface area (Å²) < 4.78 is 5.83. The fourth-order valence-electron chi connectivity index (χ4n) is 4.67. The number of halogens is 3. The van der Waals surface area contributed by atoms with Crippen molar-refractivity contribution in [3.8, 4) is 11.3 Å². The van der Waals surface area contributed by atoms with Gasteiger partial charge >= 0.3 is 0 Å². The van der Waals surface area contributed by atoms with Gasteiger partial charge in [0, 0.05) is 60.1 Å². The maximum absolute atomic E-state index is 12.4. The quantitative estimate of drug-likeness (QED) is 0.158. The third kappa shape index (κ3) is 7.73. The van der Waals surface area contributed by atoms with E-state index in [0.717, 1.165) is 60.1 Å². The van der Waals surface area contributed by atoms with Gasteiger partial charge in [-0.05, 0) is 78.8 Å². The molecule has 2 N–H and O–H groups in total. The van der Waals surface area contributed by atoms with Crippen molar-refractivity contribution in [2.75, 3.05) is 36.4 Å². The number of thiocarbonyl (C=S) groups is 1. The second-order valence-corrected chi connectivity index (χ2v) is 11.6. The number of carbonyl (C=O) groups excluding carboxylic acids is 1. The molecule has 0 aliphatic carbocycles. The van der Waals surface area contributed by atoms with Crippen LogP contribution < -0.4 is 15.5 Å². The van der Waals surface area contributed by atoms with E-state index >= 15 is 0 Å². The van der Waals surface area contributed by atoms with E-state index in [1.807, 2.05) is 67.6 Å². The smallest absolute Gasteiger partial charge is 0.250 e. The monoisotopic (exact) mass is 638 g/mol. The molecule has 1 fully saturated rings. The Balaban J connectivity index is 1.10. The van der Waals surface area contributed by atoms with E-state index in [1.54, 1.807) is 12.1 Å². The minimum Gasteiger partial charge on any atom is -0.457 e. The molecule has 0 saturated carbocycles. The van der Waals surface area contributed by atoms with Gasteiger partial charge in [0.15, 0.2) is 5.11 Å². The number of aryl methyl sites for hydroxylation is 1. The minimum absolute atomic E-state index is 0.163. The number of hydrogen-bond donors (Lipinski definition) is 2. The molecule has 0 radical (unpaired) electrons. The zero-order valence-corrected chi connectivity index (χ0v) is 26.0. The first-order valence-corrected chi connectivity index (χ1v) is 15.0. The van der Waals surface area contributed by atoms with Crippen LogP contribution in [-0.4, -0.2) is 42.1 Å². The summed E-state index contributed by atoms with van der Waals surface area (Å²) >= 11 is 24.5. The molecule has 3 aromatic carbocycles. The fourth-order valence-corrected chi connectivity index (χ4v) is 5.57. The van der Waals surface area contributed by atoms with Gasteiger partial charge in [-0.15, -0.1) is 0 Å². The summed E-state index contributed by atoms with van der Waals surface area (Å²) in [6.07, 6.45) is 2.94. The van der Waals surface area contributed by atoms with Gasteiger partial charge in [-0.1, -0.05) is 65.1 Å². The SMILES string of the molecule is Cc1ccc(-c2ccc(/C=C/C(=O)NC(=S)Nc3ccc(N4CCN(Cc5ccccc5Cl)CC4)c(Cl)c3)o2)cc1Cl. The van der Waals surface area contributed by atoms with Crippen LogP contribution >= 0.6 is 47.0 Å². The summed E-state index contributed by atoms with van der Waals surface area (Å²) in [6.45, 7) is 6.29. The first kappa shape index (κ1) is 30.1. The summed E-state index contributed by atoms with van der Waals surface area (Å²) in [4.78, 5) is 17.1. The van der Waals surface area contributed by atoms with E-state index in [2.05, 4.69) is 26.5 Å². The lowest BCUT2D eigenvalue weighted by Gasteiger charge is -2.36. The first-order chi connectivity index (χ1) is 20.2. The van der Waals surface area contributed by atoms with E-state index in [4.69, 9.17) is 51.4 Å². The van der Waals surface area contributed by atoms with Crippen molar-refractivity contribution in [3.63, 3.8) is 0 Å². The van der Waals surface area contributed by atoms with Crippen molar-refractivity contribution >= 4 is 75.5 Å². The van der Waals surface area contributed by atoms with Crippen LogP contribution in [0.2, 0.25) is 15.1 Å². The number of amides is 1. The molecule has 10 heteroatoms. The highest BCUT2D eigenvalue weighted by molar-refractivity contribution is 7.80. The highest BCUT2D eigenvalue weighted by Gasteiger charge is 2.20. The maximum Gasteiger partial charge on any atom is 0.250 e. The van der Waals surface area contributed by atoms with Crippen LogP contribution in [-0.2, 0) is 11.3 Å². The molecule has 0 unspecified atom stereocenters. The third-order valence-electron chi connectivity index (χ3n) is 6.99. The average Bonchev–Trinajstić information content (AvgIpc) is 3.44. The first-order valence-electron chi connectivity index (χ1n) is 13.4. The third-order valence-corrected chi connectivity index (χ3v) is 8.27. The van der Waals surface area contributed by atoms with Crippen molar-refractivity contribution in [2.45, 2.75) is 13.5 Å². The molecule has 1 saturated heterocycles. The molecule has 1 aliphatic heterocycles. The molecule has 1 amide bonds. The van der Waals surface area contributed by atoms with E-state index in [9.17, 15) is 4.79 Å². The topological polar surface area (TPSA) is 60.8 Å².